The minimum Gasteiger partial charge on any atom is -0.274 e. The highest BCUT2D eigenvalue weighted by Gasteiger charge is 2.59. The van der Waals surface area contributed by atoms with Crippen molar-refractivity contribution in [1.82, 2.24) is 0 Å². The molecule has 3 aliphatic rings. The van der Waals surface area contributed by atoms with Crippen LogP contribution in [0.2, 0.25) is 0 Å². The predicted molar refractivity (Wildman–Crippen MR) is 102 cm³/mol. The van der Waals surface area contributed by atoms with Crippen LogP contribution in [0, 0.1) is 30.6 Å². The van der Waals surface area contributed by atoms with E-state index < -0.39 is 0 Å². The number of benzene rings is 2. The minimum absolute atomic E-state index is 0.0178. The maximum atomic E-state index is 12.9. The fraction of sp³-hybridized carbons (Fsp3) is 0.273. The number of carbonyl (C=O) groups is 2. The first kappa shape index (κ1) is 15.9. The second kappa shape index (κ2) is 5.85. The molecule has 4 atom stereocenters. The summed E-state index contributed by atoms with van der Waals surface area (Å²) in [5, 5.41) is 0. The van der Waals surface area contributed by atoms with Gasteiger partial charge in [0, 0.05) is 9.79 Å². The van der Waals surface area contributed by atoms with Crippen molar-refractivity contribution in [1.29, 1.82) is 0 Å². The highest BCUT2D eigenvalue weighted by Crippen LogP contribution is 2.53. The number of aryl methyl sites for hydroxylation is 1. The summed E-state index contributed by atoms with van der Waals surface area (Å²) in [4.78, 5) is 29.4. The van der Waals surface area contributed by atoms with Crippen molar-refractivity contribution in [2.24, 2.45) is 23.7 Å². The molecule has 0 spiro atoms. The SMILES string of the molecule is Cc1ccc(Sc2ccc(N3C(=O)C4C5C=CC(C5)C4C3=O)cc2)cc1. The quantitative estimate of drug-likeness (QED) is 0.598. The molecule has 1 saturated carbocycles. The second-order valence-corrected chi connectivity index (χ2v) is 8.57. The van der Waals surface area contributed by atoms with E-state index in [0.717, 1.165) is 11.3 Å². The van der Waals surface area contributed by atoms with Crippen molar-refractivity contribution < 1.29 is 9.59 Å². The lowest BCUT2D eigenvalue weighted by Crippen LogP contribution is -2.32. The number of amides is 2. The van der Waals surface area contributed by atoms with Gasteiger partial charge in [-0.25, -0.2) is 0 Å². The lowest BCUT2D eigenvalue weighted by molar-refractivity contribution is -0.123. The minimum atomic E-state index is -0.140. The number of allylic oxidation sites excluding steroid dienone is 2. The molecule has 2 aliphatic carbocycles. The van der Waals surface area contributed by atoms with Crippen LogP contribution in [0.25, 0.3) is 0 Å². The van der Waals surface area contributed by atoms with E-state index in [4.69, 9.17) is 0 Å². The fourth-order valence-corrected chi connectivity index (χ4v) is 5.38. The molecule has 2 aromatic rings. The highest BCUT2D eigenvalue weighted by molar-refractivity contribution is 7.99. The number of anilines is 1. The molecule has 0 N–H and O–H groups in total. The van der Waals surface area contributed by atoms with Crippen molar-refractivity contribution in [3.8, 4) is 0 Å². The largest absolute Gasteiger partial charge is 0.274 e. The van der Waals surface area contributed by atoms with Crippen LogP contribution in [0.1, 0.15) is 12.0 Å². The summed E-state index contributed by atoms with van der Waals surface area (Å²) < 4.78 is 0. The average molecular weight is 361 g/mol. The Morgan fingerprint density at radius 2 is 1.31 bits per heavy atom. The molecule has 2 aromatic carbocycles. The van der Waals surface area contributed by atoms with Gasteiger partial charge in [0.15, 0.2) is 0 Å². The number of nitrogens with zero attached hydrogens (tertiary/aromatic N) is 1. The summed E-state index contributed by atoms with van der Waals surface area (Å²) in [5.74, 6) is 0.190. The standard InChI is InChI=1S/C22H19NO2S/c1-13-2-8-17(9-3-13)26-18-10-6-16(7-11-18)23-21(24)19-14-4-5-15(12-14)20(19)22(23)25/h2-11,14-15,19-20H,12H2,1H3. The molecular formula is C22H19NO2S. The van der Waals surface area contributed by atoms with Crippen LogP contribution >= 0.6 is 11.8 Å². The third-order valence-electron chi connectivity index (χ3n) is 5.82. The number of fused-ring (bicyclic) bond motifs is 5. The van der Waals surface area contributed by atoms with Gasteiger partial charge in [0.05, 0.1) is 17.5 Å². The lowest BCUT2D eigenvalue weighted by Gasteiger charge is -2.17. The molecule has 2 amide bonds. The van der Waals surface area contributed by atoms with E-state index in [1.165, 1.54) is 15.4 Å². The van der Waals surface area contributed by atoms with E-state index in [-0.39, 0.29) is 35.5 Å². The summed E-state index contributed by atoms with van der Waals surface area (Å²) in [5.41, 5.74) is 1.94. The Balaban J connectivity index is 1.37. The second-order valence-electron chi connectivity index (χ2n) is 7.42. The average Bonchev–Trinajstić information content (AvgIpc) is 3.32. The van der Waals surface area contributed by atoms with Gasteiger partial charge >= 0.3 is 0 Å². The van der Waals surface area contributed by atoms with Gasteiger partial charge in [-0.05, 0) is 61.6 Å². The van der Waals surface area contributed by atoms with Gasteiger partial charge in [-0.2, -0.15) is 0 Å². The van der Waals surface area contributed by atoms with Gasteiger partial charge in [0.2, 0.25) is 11.8 Å². The van der Waals surface area contributed by atoms with Crippen molar-refractivity contribution in [3.05, 3.63) is 66.2 Å². The normalized spacial score (nSPS) is 28.9. The monoisotopic (exact) mass is 361 g/mol. The number of imide groups is 1. The topological polar surface area (TPSA) is 37.4 Å². The van der Waals surface area contributed by atoms with Crippen LogP contribution < -0.4 is 4.90 Å². The zero-order chi connectivity index (χ0) is 17.8. The zero-order valence-electron chi connectivity index (χ0n) is 14.5. The van der Waals surface area contributed by atoms with Gasteiger partial charge in [-0.15, -0.1) is 0 Å². The Bertz CT molecular complexity index is 886. The Labute approximate surface area is 157 Å². The molecule has 1 heterocycles. The van der Waals surface area contributed by atoms with Gasteiger partial charge in [0.1, 0.15) is 0 Å². The van der Waals surface area contributed by atoms with Crippen molar-refractivity contribution in [2.45, 2.75) is 23.1 Å². The summed E-state index contributed by atoms with van der Waals surface area (Å²) in [6.45, 7) is 2.07. The Morgan fingerprint density at radius 1 is 0.808 bits per heavy atom. The Morgan fingerprint density at radius 3 is 1.85 bits per heavy atom. The smallest absolute Gasteiger partial charge is 0.238 e. The third-order valence-corrected chi connectivity index (χ3v) is 6.84. The molecule has 0 radical (unpaired) electrons. The van der Waals surface area contributed by atoms with Gasteiger partial charge < -0.3 is 0 Å². The predicted octanol–water partition coefficient (Wildman–Crippen LogP) is 4.46. The summed E-state index contributed by atoms with van der Waals surface area (Å²) in [6.07, 6.45) is 5.22. The van der Waals surface area contributed by atoms with Crippen LogP contribution in [-0.2, 0) is 9.59 Å². The molecule has 1 saturated heterocycles. The summed E-state index contributed by atoms with van der Waals surface area (Å²) in [7, 11) is 0. The molecule has 3 nitrogen and oxygen atoms in total. The number of hydrogen-bond acceptors (Lipinski definition) is 3. The zero-order valence-corrected chi connectivity index (χ0v) is 15.3. The molecule has 4 unspecified atom stereocenters. The van der Waals surface area contributed by atoms with E-state index in [1.54, 1.807) is 11.8 Å². The first-order chi connectivity index (χ1) is 12.6. The molecule has 26 heavy (non-hydrogen) atoms. The van der Waals surface area contributed by atoms with Crippen molar-refractivity contribution >= 4 is 29.3 Å². The highest BCUT2D eigenvalue weighted by atomic mass is 32.2. The Hall–Kier alpha value is -2.33. The number of hydrogen-bond donors (Lipinski definition) is 0. The molecule has 2 bridgehead atoms. The van der Waals surface area contributed by atoms with Crippen molar-refractivity contribution in [3.63, 3.8) is 0 Å². The van der Waals surface area contributed by atoms with Gasteiger partial charge in [-0.1, -0.05) is 41.6 Å². The first-order valence-corrected chi connectivity index (χ1v) is 9.84. The molecule has 5 rings (SSSR count). The summed E-state index contributed by atoms with van der Waals surface area (Å²) >= 11 is 1.68. The molecule has 2 fully saturated rings. The van der Waals surface area contributed by atoms with E-state index in [1.807, 2.05) is 24.3 Å². The molecular weight excluding hydrogens is 342 g/mol. The molecule has 0 aromatic heterocycles. The number of rotatable bonds is 3. The van der Waals surface area contributed by atoms with Crippen LogP contribution in [0.4, 0.5) is 5.69 Å². The first-order valence-electron chi connectivity index (χ1n) is 9.02. The molecule has 1 aliphatic heterocycles. The third kappa shape index (κ3) is 2.36. The van der Waals surface area contributed by atoms with Crippen LogP contribution in [0.15, 0.2) is 70.5 Å². The summed E-state index contributed by atoms with van der Waals surface area (Å²) in [6, 6.07) is 16.2. The maximum Gasteiger partial charge on any atom is 0.238 e. The van der Waals surface area contributed by atoms with Gasteiger partial charge in [0.25, 0.3) is 0 Å². The van der Waals surface area contributed by atoms with E-state index in [9.17, 15) is 9.59 Å². The molecule has 130 valence electrons. The van der Waals surface area contributed by atoms with Crippen LogP contribution in [-0.4, -0.2) is 11.8 Å². The van der Waals surface area contributed by atoms with E-state index in [0.29, 0.717) is 5.69 Å². The van der Waals surface area contributed by atoms with Crippen LogP contribution in [0.5, 0.6) is 0 Å². The van der Waals surface area contributed by atoms with E-state index in [2.05, 4.69) is 43.3 Å². The maximum absolute atomic E-state index is 12.9. The fourth-order valence-electron chi connectivity index (χ4n) is 4.56. The van der Waals surface area contributed by atoms with Crippen molar-refractivity contribution in [2.75, 3.05) is 4.90 Å². The van der Waals surface area contributed by atoms with E-state index >= 15 is 0 Å². The van der Waals surface area contributed by atoms with Gasteiger partial charge in [-0.3, -0.25) is 14.5 Å². The Kier molecular flexibility index (Phi) is 3.57. The van der Waals surface area contributed by atoms with Crippen LogP contribution in [0.3, 0.4) is 0 Å². The number of carbonyl (C=O) groups excluding carboxylic acids is 2. The lowest BCUT2D eigenvalue weighted by atomic mass is 9.85. The molecule has 4 heteroatoms.